The van der Waals surface area contributed by atoms with E-state index in [0.29, 0.717) is 22.3 Å². The number of pyridine rings is 1. The summed E-state index contributed by atoms with van der Waals surface area (Å²) in [4.78, 5) is 24.7. The van der Waals surface area contributed by atoms with Crippen molar-refractivity contribution < 1.29 is 4.79 Å². The van der Waals surface area contributed by atoms with Crippen LogP contribution in [0.25, 0.3) is 10.2 Å². The van der Waals surface area contributed by atoms with E-state index in [4.69, 9.17) is 16.6 Å². The largest absolute Gasteiger partial charge is 0.278 e. The molecule has 156 valence electrons. The van der Waals surface area contributed by atoms with Gasteiger partial charge in [0.2, 0.25) is 0 Å². The summed E-state index contributed by atoms with van der Waals surface area (Å²) in [6, 6.07) is 15.7. The fourth-order valence-electron chi connectivity index (χ4n) is 4.11. The maximum absolute atomic E-state index is 13.7. The molecule has 2 aromatic heterocycles. The third-order valence-electron chi connectivity index (χ3n) is 5.85. The average Bonchev–Trinajstić information content (AvgIpc) is 3.25. The molecule has 1 aliphatic carbocycles. The van der Waals surface area contributed by atoms with E-state index in [9.17, 15) is 4.79 Å². The highest BCUT2D eigenvalue weighted by atomic mass is 35.5. The average molecular weight is 448 g/mol. The lowest BCUT2D eigenvalue weighted by Crippen LogP contribution is -2.31. The number of hydrogen-bond donors (Lipinski definition) is 0. The fraction of sp³-hybridized carbons (Fsp3) is 0.240. The molecule has 0 atom stereocenters. The summed E-state index contributed by atoms with van der Waals surface area (Å²) < 4.78 is 1.01. The highest BCUT2D eigenvalue weighted by Crippen LogP contribution is 2.35. The second kappa shape index (κ2) is 8.40. The molecule has 0 bridgehead atoms. The van der Waals surface area contributed by atoms with E-state index in [2.05, 4.69) is 17.1 Å². The van der Waals surface area contributed by atoms with Gasteiger partial charge in [0.05, 0.1) is 22.5 Å². The zero-order valence-electron chi connectivity index (χ0n) is 17.3. The summed E-state index contributed by atoms with van der Waals surface area (Å²) in [5.41, 5.74) is 5.96. The van der Waals surface area contributed by atoms with Crippen LogP contribution >= 0.6 is 22.9 Å². The summed E-state index contributed by atoms with van der Waals surface area (Å²) in [5, 5.41) is 1.34. The Morgan fingerprint density at radius 1 is 1.10 bits per heavy atom. The maximum Gasteiger partial charge on any atom is 0.260 e. The third kappa shape index (κ3) is 3.95. The molecule has 2 heterocycles. The van der Waals surface area contributed by atoms with E-state index < -0.39 is 0 Å². The van der Waals surface area contributed by atoms with Crippen LogP contribution < -0.4 is 4.90 Å². The van der Waals surface area contributed by atoms with Crippen LogP contribution in [0.3, 0.4) is 0 Å². The number of carbonyl (C=O) groups excluding carboxylic acids is 1. The molecule has 0 N–H and O–H groups in total. The molecule has 0 radical (unpaired) electrons. The highest BCUT2D eigenvalue weighted by molar-refractivity contribution is 7.22. The smallest absolute Gasteiger partial charge is 0.260 e. The monoisotopic (exact) mass is 447 g/mol. The molecule has 4 aromatic rings. The van der Waals surface area contributed by atoms with E-state index in [1.807, 2.05) is 43.3 Å². The number of thiazole rings is 1. The first kappa shape index (κ1) is 20.2. The molecule has 0 saturated carbocycles. The zero-order valence-corrected chi connectivity index (χ0v) is 18.8. The van der Waals surface area contributed by atoms with Gasteiger partial charge in [-0.15, -0.1) is 0 Å². The van der Waals surface area contributed by atoms with Crippen LogP contribution in [-0.4, -0.2) is 15.9 Å². The van der Waals surface area contributed by atoms with E-state index in [1.54, 1.807) is 11.1 Å². The second-order valence-corrected chi connectivity index (χ2v) is 9.33. The SMILES string of the molecule is Cc1c(Cl)ccc2sc(N(Cc3ccccn3)C(=O)c3ccc4c(c3)CCCC4)nc12. The first-order valence-electron chi connectivity index (χ1n) is 10.5. The van der Waals surface area contributed by atoms with Gasteiger partial charge in [0.1, 0.15) is 0 Å². The summed E-state index contributed by atoms with van der Waals surface area (Å²) in [5.74, 6) is -0.0539. The summed E-state index contributed by atoms with van der Waals surface area (Å²) in [6.45, 7) is 2.33. The number of carbonyl (C=O) groups is 1. The Bertz CT molecular complexity index is 1270. The number of nitrogens with zero attached hydrogens (tertiary/aromatic N) is 3. The number of aromatic nitrogens is 2. The van der Waals surface area contributed by atoms with Gasteiger partial charge in [-0.25, -0.2) is 4.98 Å². The molecule has 0 spiro atoms. The van der Waals surface area contributed by atoms with Crippen LogP contribution in [0.2, 0.25) is 5.02 Å². The summed E-state index contributed by atoms with van der Waals surface area (Å²) in [7, 11) is 0. The van der Waals surface area contributed by atoms with Crippen molar-refractivity contribution >= 4 is 44.2 Å². The molecule has 6 heteroatoms. The van der Waals surface area contributed by atoms with Gasteiger partial charge < -0.3 is 0 Å². The molecule has 5 rings (SSSR count). The fourth-order valence-corrected chi connectivity index (χ4v) is 5.28. The van der Waals surface area contributed by atoms with Crippen molar-refractivity contribution in [1.29, 1.82) is 0 Å². The number of aryl methyl sites for hydroxylation is 3. The van der Waals surface area contributed by atoms with Gasteiger partial charge in [0.15, 0.2) is 5.13 Å². The van der Waals surface area contributed by atoms with Gasteiger partial charge in [-0.3, -0.25) is 14.7 Å². The number of amides is 1. The zero-order chi connectivity index (χ0) is 21.4. The van der Waals surface area contributed by atoms with E-state index >= 15 is 0 Å². The Balaban J connectivity index is 1.57. The minimum atomic E-state index is -0.0539. The number of fused-ring (bicyclic) bond motifs is 2. The number of rotatable bonds is 4. The highest BCUT2D eigenvalue weighted by Gasteiger charge is 2.24. The molecule has 0 fully saturated rings. The number of halogens is 1. The van der Waals surface area contributed by atoms with E-state index in [0.717, 1.165) is 34.3 Å². The Hall–Kier alpha value is -2.76. The number of anilines is 1. The van der Waals surface area contributed by atoms with Gasteiger partial charge in [-0.1, -0.05) is 35.1 Å². The van der Waals surface area contributed by atoms with Gasteiger partial charge >= 0.3 is 0 Å². The van der Waals surface area contributed by atoms with Crippen molar-refractivity contribution in [2.24, 2.45) is 0 Å². The van der Waals surface area contributed by atoms with Crippen LogP contribution in [0.5, 0.6) is 0 Å². The molecule has 2 aromatic carbocycles. The van der Waals surface area contributed by atoms with E-state index in [1.165, 1.54) is 35.3 Å². The third-order valence-corrected chi connectivity index (χ3v) is 7.31. The molecular weight excluding hydrogens is 426 g/mol. The standard InChI is InChI=1S/C25H22ClN3OS/c1-16-21(26)11-12-22-23(16)28-25(31-22)29(15-20-8-4-5-13-27-20)24(30)19-10-9-17-6-2-3-7-18(17)14-19/h4-5,8-14H,2-3,6-7,15H2,1H3. The normalized spacial score (nSPS) is 13.2. The van der Waals surface area contributed by atoms with Crippen molar-refractivity contribution in [3.8, 4) is 0 Å². The van der Waals surface area contributed by atoms with E-state index in [-0.39, 0.29) is 5.91 Å². The van der Waals surface area contributed by atoms with Crippen LogP contribution in [-0.2, 0) is 19.4 Å². The first-order valence-corrected chi connectivity index (χ1v) is 11.7. The number of hydrogen-bond acceptors (Lipinski definition) is 4. The predicted molar refractivity (Wildman–Crippen MR) is 127 cm³/mol. The molecule has 31 heavy (non-hydrogen) atoms. The Morgan fingerprint density at radius 2 is 1.94 bits per heavy atom. The number of benzene rings is 2. The molecule has 1 amide bonds. The molecular formula is C25H22ClN3OS. The van der Waals surface area contributed by atoms with Crippen LogP contribution in [0.1, 0.15) is 45.6 Å². The Kier molecular flexibility index (Phi) is 5.47. The van der Waals surface area contributed by atoms with Crippen molar-refractivity contribution in [3.05, 3.63) is 87.7 Å². The first-order chi connectivity index (χ1) is 15.1. The minimum absolute atomic E-state index is 0.0539. The predicted octanol–water partition coefficient (Wildman–Crippen LogP) is 6.38. The van der Waals surface area contributed by atoms with Crippen LogP contribution in [0.15, 0.2) is 54.7 Å². The Labute approximate surface area is 190 Å². The molecule has 4 nitrogen and oxygen atoms in total. The quantitative estimate of drug-likeness (QED) is 0.364. The van der Waals surface area contributed by atoms with Crippen molar-refractivity contribution in [3.63, 3.8) is 0 Å². The van der Waals surface area contributed by atoms with Gasteiger partial charge in [-0.2, -0.15) is 0 Å². The second-order valence-electron chi connectivity index (χ2n) is 7.92. The van der Waals surface area contributed by atoms with Gasteiger partial charge in [-0.05, 0) is 85.7 Å². The molecule has 0 aliphatic heterocycles. The van der Waals surface area contributed by atoms with Crippen LogP contribution in [0.4, 0.5) is 5.13 Å². The lowest BCUT2D eigenvalue weighted by molar-refractivity contribution is 0.0984. The molecule has 0 unspecified atom stereocenters. The lowest BCUT2D eigenvalue weighted by atomic mass is 9.90. The molecule has 1 aliphatic rings. The Morgan fingerprint density at radius 3 is 2.74 bits per heavy atom. The van der Waals surface area contributed by atoms with Crippen molar-refractivity contribution in [2.45, 2.75) is 39.2 Å². The maximum atomic E-state index is 13.7. The topological polar surface area (TPSA) is 46.1 Å². The van der Waals surface area contributed by atoms with Crippen molar-refractivity contribution in [2.75, 3.05) is 4.90 Å². The lowest BCUT2D eigenvalue weighted by Gasteiger charge is -2.21. The van der Waals surface area contributed by atoms with Gasteiger partial charge in [0.25, 0.3) is 5.91 Å². The molecule has 0 saturated heterocycles. The summed E-state index contributed by atoms with van der Waals surface area (Å²) >= 11 is 7.81. The van der Waals surface area contributed by atoms with Crippen LogP contribution in [0, 0.1) is 6.92 Å². The van der Waals surface area contributed by atoms with Crippen molar-refractivity contribution in [1.82, 2.24) is 9.97 Å². The summed E-state index contributed by atoms with van der Waals surface area (Å²) in [6.07, 6.45) is 6.29. The van der Waals surface area contributed by atoms with Gasteiger partial charge in [0, 0.05) is 16.8 Å². The minimum Gasteiger partial charge on any atom is -0.278 e.